The van der Waals surface area contributed by atoms with Crippen molar-refractivity contribution in [3.8, 4) is 0 Å². The molecule has 0 bridgehead atoms. The number of benzene rings is 1. The third-order valence-corrected chi connectivity index (χ3v) is 4.93. The van der Waals surface area contributed by atoms with Crippen LogP contribution in [-0.4, -0.2) is 4.98 Å². The lowest BCUT2D eigenvalue weighted by Crippen LogP contribution is -2.16. The van der Waals surface area contributed by atoms with Crippen LogP contribution in [0.5, 0.6) is 0 Å². The first kappa shape index (κ1) is 13.7. The van der Waals surface area contributed by atoms with Crippen LogP contribution >= 0.6 is 22.9 Å². The smallest absolute Gasteiger partial charge is 0.0472 e. The van der Waals surface area contributed by atoms with Crippen LogP contribution in [0, 0.1) is 6.92 Å². The van der Waals surface area contributed by atoms with E-state index in [4.69, 9.17) is 11.6 Å². The van der Waals surface area contributed by atoms with E-state index >= 15 is 0 Å². The maximum atomic E-state index is 6.00. The molecule has 0 fully saturated rings. The van der Waals surface area contributed by atoms with E-state index in [0.717, 1.165) is 17.1 Å². The van der Waals surface area contributed by atoms with Gasteiger partial charge < -0.3 is 10.3 Å². The van der Waals surface area contributed by atoms with Gasteiger partial charge in [-0.1, -0.05) is 17.7 Å². The first-order valence-corrected chi connectivity index (χ1v) is 7.88. The number of fused-ring (bicyclic) bond motifs is 1. The Balaban J connectivity index is 1.74. The largest absolute Gasteiger partial charge is 0.361 e. The minimum atomic E-state index is 0.367. The molecule has 1 aromatic carbocycles. The van der Waals surface area contributed by atoms with Crippen molar-refractivity contribution in [2.24, 2.45) is 0 Å². The number of hydrogen-bond acceptors (Lipinski definition) is 2. The zero-order valence-electron chi connectivity index (χ0n) is 11.5. The Bertz CT molecular complexity index is 729. The van der Waals surface area contributed by atoms with Gasteiger partial charge in [0.2, 0.25) is 0 Å². The van der Waals surface area contributed by atoms with Gasteiger partial charge >= 0.3 is 0 Å². The Labute approximate surface area is 127 Å². The first-order valence-electron chi connectivity index (χ1n) is 6.69. The standard InChI is InChI=1S/C16H17ClN2S/c1-10-3-6-16(20-10)11(2)18-8-12-9-19-15-7-13(17)4-5-14(12)15/h3-7,9,11,18-19H,8H2,1-2H3. The number of halogens is 1. The van der Waals surface area contributed by atoms with Crippen molar-refractivity contribution in [3.05, 3.63) is 56.9 Å². The van der Waals surface area contributed by atoms with Crippen molar-refractivity contribution >= 4 is 33.8 Å². The average molecular weight is 305 g/mol. The summed E-state index contributed by atoms with van der Waals surface area (Å²) in [4.78, 5) is 6.01. The molecule has 2 N–H and O–H groups in total. The molecule has 20 heavy (non-hydrogen) atoms. The van der Waals surface area contributed by atoms with E-state index in [2.05, 4.69) is 48.5 Å². The molecular weight excluding hydrogens is 288 g/mol. The molecule has 0 spiro atoms. The highest BCUT2D eigenvalue weighted by Crippen LogP contribution is 2.25. The third-order valence-electron chi connectivity index (χ3n) is 3.52. The van der Waals surface area contributed by atoms with Gasteiger partial charge in [0.05, 0.1) is 0 Å². The van der Waals surface area contributed by atoms with Gasteiger partial charge in [-0.25, -0.2) is 0 Å². The second-order valence-corrected chi connectivity index (χ2v) is 6.81. The first-order chi connectivity index (χ1) is 9.63. The highest BCUT2D eigenvalue weighted by Gasteiger charge is 2.09. The fourth-order valence-electron chi connectivity index (χ4n) is 2.35. The van der Waals surface area contributed by atoms with E-state index in [0.29, 0.717) is 6.04 Å². The Morgan fingerprint density at radius 2 is 2.15 bits per heavy atom. The molecule has 0 aliphatic rings. The van der Waals surface area contributed by atoms with Crippen LogP contribution in [0.25, 0.3) is 10.9 Å². The predicted octanol–water partition coefficient (Wildman–Crippen LogP) is 5.04. The Morgan fingerprint density at radius 1 is 1.30 bits per heavy atom. The summed E-state index contributed by atoms with van der Waals surface area (Å²) in [6.45, 7) is 5.20. The minimum Gasteiger partial charge on any atom is -0.361 e. The van der Waals surface area contributed by atoms with Crippen LogP contribution in [0.1, 0.15) is 28.3 Å². The maximum absolute atomic E-state index is 6.00. The van der Waals surface area contributed by atoms with Crippen LogP contribution in [-0.2, 0) is 6.54 Å². The monoisotopic (exact) mass is 304 g/mol. The average Bonchev–Trinajstić information content (AvgIpc) is 3.02. The second kappa shape index (κ2) is 5.60. The van der Waals surface area contributed by atoms with Gasteiger partial charge in [0.25, 0.3) is 0 Å². The van der Waals surface area contributed by atoms with Crippen molar-refractivity contribution in [2.75, 3.05) is 0 Å². The normalized spacial score (nSPS) is 12.9. The van der Waals surface area contributed by atoms with Gasteiger partial charge in [-0.3, -0.25) is 0 Å². The molecule has 2 aromatic heterocycles. The number of hydrogen-bond donors (Lipinski definition) is 2. The van der Waals surface area contributed by atoms with Crippen molar-refractivity contribution in [1.82, 2.24) is 10.3 Å². The molecule has 2 heterocycles. The Morgan fingerprint density at radius 3 is 2.90 bits per heavy atom. The molecule has 0 saturated carbocycles. The van der Waals surface area contributed by atoms with Crippen molar-refractivity contribution < 1.29 is 0 Å². The van der Waals surface area contributed by atoms with Crippen molar-refractivity contribution in [3.63, 3.8) is 0 Å². The molecule has 4 heteroatoms. The number of aryl methyl sites for hydroxylation is 1. The van der Waals surface area contributed by atoms with E-state index < -0.39 is 0 Å². The third kappa shape index (κ3) is 2.75. The molecule has 3 aromatic rings. The van der Waals surface area contributed by atoms with E-state index in [1.54, 1.807) is 0 Å². The summed E-state index contributed by atoms with van der Waals surface area (Å²) in [5.41, 5.74) is 2.37. The minimum absolute atomic E-state index is 0.367. The summed E-state index contributed by atoms with van der Waals surface area (Å²) in [5, 5.41) is 5.58. The van der Waals surface area contributed by atoms with Gasteiger partial charge in [0.15, 0.2) is 0 Å². The highest BCUT2D eigenvalue weighted by atomic mass is 35.5. The molecule has 1 unspecified atom stereocenters. The van der Waals surface area contributed by atoms with Gasteiger partial charge in [0.1, 0.15) is 0 Å². The summed E-state index contributed by atoms with van der Waals surface area (Å²) in [7, 11) is 0. The zero-order valence-corrected chi connectivity index (χ0v) is 13.1. The molecule has 2 nitrogen and oxygen atoms in total. The maximum Gasteiger partial charge on any atom is 0.0472 e. The summed E-state index contributed by atoms with van der Waals surface area (Å²) >= 11 is 7.85. The number of aromatic nitrogens is 1. The number of rotatable bonds is 4. The van der Waals surface area contributed by atoms with Gasteiger partial charge in [-0.2, -0.15) is 0 Å². The quantitative estimate of drug-likeness (QED) is 0.694. The molecule has 0 saturated heterocycles. The number of thiophene rings is 1. The lowest BCUT2D eigenvalue weighted by Gasteiger charge is -2.11. The summed E-state index contributed by atoms with van der Waals surface area (Å²) in [5.74, 6) is 0. The fraction of sp³-hybridized carbons (Fsp3) is 0.250. The Kier molecular flexibility index (Phi) is 3.83. The molecule has 1 atom stereocenters. The van der Waals surface area contributed by atoms with E-state index in [1.807, 2.05) is 23.5 Å². The molecule has 3 rings (SSSR count). The Hall–Kier alpha value is -1.29. The van der Waals surface area contributed by atoms with Crippen LogP contribution in [0.4, 0.5) is 0 Å². The zero-order chi connectivity index (χ0) is 14.1. The fourth-order valence-corrected chi connectivity index (χ4v) is 3.43. The number of nitrogens with one attached hydrogen (secondary N) is 2. The molecule has 0 aliphatic heterocycles. The van der Waals surface area contributed by atoms with E-state index in [9.17, 15) is 0 Å². The van der Waals surface area contributed by atoms with E-state index in [-0.39, 0.29) is 0 Å². The molecule has 0 radical (unpaired) electrons. The lowest BCUT2D eigenvalue weighted by atomic mass is 10.1. The predicted molar refractivity (Wildman–Crippen MR) is 87.6 cm³/mol. The van der Waals surface area contributed by atoms with Crippen molar-refractivity contribution in [2.45, 2.75) is 26.4 Å². The lowest BCUT2D eigenvalue weighted by molar-refractivity contribution is 0.585. The molecule has 104 valence electrons. The van der Waals surface area contributed by atoms with E-state index in [1.165, 1.54) is 20.7 Å². The molecular formula is C16H17ClN2S. The van der Waals surface area contributed by atoms with Crippen LogP contribution in [0.15, 0.2) is 36.5 Å². The molecule has 0 amide bonds. The topological polar surface area (TPSA) is 27.8 Å². The SMILES string of the molecule is Cc1ccc(C(C)NCc2c[nH]c3cc(Cl)ccc23)s1. The molecule has 0 aliphatic carbocycles. The van der Waals surface area contributed by atoms with Gasteiger partial charge in [0, 0.05) is 44.5 Å². The highest BCUT2D eigenvalue weighted by molar-refractivity contribution is 7.12. The van der Waals surface area contributed by atoms with Crippen LogP contribution in [0.3, 0.4) is 0 Å². The second-order valence-electron chi connectivity index (χ2n) is 5.05. The number of aromatic amines is 1. The van der Waals surface area contributed by atoms with Gasteiger partial charge in [-0.05, 0) is 43.7 Å². The van der Waals surface area contributed by atoms with Gasteiger partial charge in [-0.15, -0.1) is 11.3 Å². The van der Waals surface area contributed by atoms with Crippen LogP contribution < -0.4 is 5.32 Å². The van der Waals surface area contributed by atoms with Crippen molar-refractivity contribution in [1.29, 1.82) is 0 Å². The van der Waals surface area contributed by atoms with Crippen LogP contribution in [0.2, 0.25) is 5.02 Å². The summed E-state index contributed by atoms with van der Waals surface area (Å²) in [6.07, 6.45) is 2.06. The summed E-state index contributed by atoms with van der Waals surface area (Å²) in [6, 6.07) is 10.7. The number of H-pyrrole nitrogens is 1. The summed E-state index contributed by atoms with van der Waals surface area (Å²) < 4.78 is 0.